The van der Waals surface area contributed by atoms with Crippen LogP contribution in [-0.4, -0.2) is 82.7 Å². The summed E-state index contributed by atoms with van der Waals surface area (Å²) in [6, 6.07) is 14.4. The predicted molar refractivity (Wildman–Crippen MR) is 201 cm³/mol. The first kappa shape index (κ1) is 37.6. The van der Waals surface area contributed by atoms with Crippen LogP contribution in [0, 0.1) is 17.3 Å². The summed E-state index contributed by atoms with van der Waals surface area (Å²) in [6.45, 7) is 9.93. The molecule has 6 rings (SSSR count). The Hall–Kier alpha value is -5.13. The van der Waals surface area contributed by atoms with Crippen molar-refractivity contribution in [1.29, 1.82) is 0 Å². The quantitative estimate of drug-likeness (QED) is 0.173. The minimum Gasteiger partial charge on any atom is -0.497 e. The number of methoxy groups -OCH3 is 1. The van der Waals surface area contributed by atoms with Crippen LogP contribution in [0.5, 0.6) is 11.5 Å². The minimum absolute atomic E-state index is 0.01000. The van der Waals surface area contributed by atoms with Crippen LogP contribution in [0.4, 0.5) is 4.79 Å². The number of carboxylic acids is 1. The molecule has 1 aliphatic heterocycles. The molecule has 12 heteroatoms. The number of pyridine rings is 1. The first-order valence-electron chi connectivity index (χ1n) is 18.6. The number of carboxylic acid groups (broad SMARTS) is 1. The third-order valence-corrected chi connectivity index (χ3v) is 10.9. The van der Waals surface area contributed by atoms with E-state index in [-0.39, 0.29) is 25.3 Å². The fourth-order valence-electron chi connectivity index (χ4n) is 7.63. The van der Waals surface area contributed by atoms with Crippen LogP contribution in [0.1, 0.15) is 65.7 Å². The van der Waals surface area contributed by atoms with E-state index in [1.54, 1.807) is 7.11 Å². The number of aliphatic carboxylic acids is 1. The van der Waals surface area contributed by atoms with Crippen LogP contribution in [0.3, 0.4) is 0 Å². The molecule has 0 unspecified atom stereocenters. The van der Waals surface area contributed by atoms with E-state index in [4.69, 9.17) is 14.5 Å². The highest BCUT2D eigenvalue weighted by Gasteiger charge is 2.61. The number of rotatable bonds is 12. The van der Waals surface area contributed by atoms with E-state index in [9.17, 15) is 24.3 Å². The highest BCUT2D eigenvalue weighted by Crippen LogP contribution is 2.45. The molecule has 12 nitrogen and oxygen atoms in total. The maximum atomic E-state index is 14.2. The summed E-state index contributed by atoms with van der Waals surface area (Å²) in [7, 11) is 1.58. The summed E-state index contributed by atoms with van der Waals surface area (Å²) >= 11 is 0. The summed E-state index contributed by atoms with van der Waals surface area (Å²) < 4.78 is 12.1. The van der Waals surface area contributed by atoms with Crippen LogP contribution >= 0.6 is 0 Å². The SMILES string of the molecule is C=C[C@@H]1C[C@]1(NC(=O)[C@@H]1C[C@@H](Oc2cc(-c3ccccc3)nc3cc(OC)ccc23)CN1C(=O)N[C@H](C(=O)NCC1CCCCC1)C(C)(C)C)C(=O)O. The van der Waals surface area contributed by atoms with Gasteiger partial charge in [0.25, 0.3) is 0 Å². The topological polar surface area (TPSA) is 159 Å². The van der Waals surface area contributed by atoms with Gasteiger partial charge in [0.2, 0.25) is 11.8 Å². The zero-order valence-electron chi connectivity index (χ0n) is 31.0. The van der Waals surface area contributed by atoms with Gasteiger partial charge >= 0.3 is 12.0 Å². The lowest BCUT2D eigenvalue weighted by Gasteiger charge is -2.34. The fourth-order valence-corrected chi connectivity index (χ4v) is 7.63. The van der Waals surface area contributed by atoms with Crippen molar-refractivity contribution >= 4 is 34.7 Å². The Labute approximate surface area is 310 Å². The van der Waals surface area contributed by atoms with Crippen LogP contribution in [0.25, 0.3) is 22.2 Å². The van der Waals surface area contributed by atoms with Crippen molar-refractivity contribution < 1.29 is 33.8 Å². The van der Waals surface area contributed by atoms with Crippen LogP contribution in [-0.2, 0) is 14.4 Å². The second-order valence-electron chi connectivity index (χ2n) is 15.7. The van der Waals surface area contributed by atoms with Gasteiger partial charge in [0.05, 0.1) is 24.9 Å². The molecule has 2 heterocycles. The third-order valence-electron chi connectivity index (χ3n) is 10.9. The van der Waals surface area contributed by atoms with E-state index < -0.39 is 53.0 Å². The molecule has 282 valence electrons. The van der Waals surface area contributed by atoms with E-state index in [2.05, 4.69) is 22.5 Å². The summed E-state index contributed by atoms with van der Waals surface area (Å²) in [5.74, 6) is -0.947. The number of ether oxygens (including phenoxy) is 2. The number of amides is 4. The number of benzene rings is 2. The highest BCUT2D eigenvalue weighted by molar-refractivity contribution is 5.95. The molecule has 2 aromatic carbocycles. The maximum absolute atomic E-state index is 14.2. The third kappa shape index (κ3) is 8.26. The lowest BCUT2D eigenvalue weighted by atomic mass is 9.85. The van der Waals surface area contributed by atoms with Crippen LogP contribution in [0.15, 0.2) is 67.3 Å². The van der Waals surface area contributed by atoms with Crippen LogP contribution < -0.4 is 25.4 Å². The maximum Gasteiger partial charge on any atom is 0.330 e. The molecule has 4 N–H and O–H groups in total. The number of carbonyl (C=O) groups excluding carboxylic acids is 3. The molecule has 3 aliphatic rings. The van der Waals surface area contributed by atoms with Crippen molar-refractivity contribution in [3.8, 4) is 22.8 Å². The number of carbonyl (C=O) groups is 4. The van der Waals surface area contributed by atoms with E-state index in [1.807, 2.05) is 75.4 Å². The van der Waals surface area contributed by atoms with Gasteiger partial charge in [0.15, 0.2) is 0 Å². The number of fused-ring (bicyclic) bond motifs is 1. The Balaban J connectivity index is 1.28. The van der Waals surface area contributed by atoms with Crippen molar-refractivity contribution in [3.05, 3.63) is 67.3 Å². The molecule has 5 atom stereocenters. The molecule has 3 aromatic rings. The normalized spacial score (nSPS) is 23.5. The summed E-state index contributed by atoms with van der Waals surface area (Å²) in [4.78, 5) is 60.4. The first-order valence-corrected chi connectivity index (χ1v) is 18.6. The van der Waals surface area contributed by atoms with Gasteiger partial charge < -0.3 is 35.4 Å². The Morgan fingerprint density at radius 2 is 1.81 bits per heavy atom. The molecule has 1 saturated heterocycles. The number of nitrogens with one attached hydrogen (secondary N) is 3. The molecule has 0 bridgehead atoms. The van der Waals surface area contributed by atoms with Gasteiger partial charge in [-0.15, -0.1) is 6.58 Å². The van der Waals surface area contributed by atoms with Crippen molar-refractivity contribution in [2.45, 2.75) is 89.4 Å². The molecule has 0 radical (unpaired) electrons. The average molecular weight is 726 g/mol. The van der Waals surface area contributed by atoms with E-state index in [1.165, 1.54) is 17.4 Å². The average Bonchev–Trinajstić information content (AvgIpc) is 3.71. The number of hydrogen-bond donors (Lipinski definition) is 4. The lowest BCUT2D eigenvalue weighted by molar-refractivity contribution is -0.144. The number of aromatic nitrogens is 1. The smallest absolute Gasteiger partial charge is 0.330 e. The number of nitrogens with zero attached hydrogens (tertiary/aromatic N) is 2. The van der Waals surface area contributed by atoms with Crippen LogP contribution in [0.2, 0.25) is 0 Å². The van der Waals surface area contributed by atoms with Gasteiger partial charge in [0, 0.05) is 42.0 Å². The van der Waals surface area contributed by atoms with E-state index in [0.717, 1.165) is 31.2 Å². The van der Waals surface area contributed by atoms with Gasteiger partial charge in [0.1, 0.15) is 35.2 Å². The summed E-state index contributed by atoms with van der Waals surface area (Å²) in [6.07, 6.45) is 6.80. The Morgan fingerprint density at radius 3 is 2.45 bits per heavy atom. The lowest BCUT2D eigenvalue weighted by Crippen LogP contribution is -2.59. The number of hydrogen-bond acceptors (Lipinski definition) is 7. The summed E-state index contributed by atoms with van der Waals surface area (Å²) in [5.41, 5.74) is 0.0495. The van der Waals surface area contributed by atoms with Crippen molar-refractivity contribution in [2.24, 2.45) is 17.3 Å². The zero-order valence-corrected chi connectivity index (χ0v) is 31.0. The van der Waals surface area contributed by atoms with Crippen molar-refractivity contribution in [3.63, 3.8) is 0 Å². The summed E-state index contributed by atoms with van der Waals surface area (Å²) in [5, 5.41) is 19.5. The van der Waals surface area contributed by atoms with E-state index in [0.29, 0.717) is 40.6 Å². The van der Waals surface area contributed by atoms with Gasteiger partial charge in [-0.3, -0.25) is 9.59 Å². The molecule has 2 aliphatic carbocycles. The van der Waals surface area contributed by atoms with Crippen molar-refractivity contribution in [2.75, 3.05) is 20.2 Å². The Kier molecular flexibility index (Phi) is 11.0. The van der Waals surface area contributed by atoms with E-state index >= 15 is 0 Å². The molecule has 53 heavy (non-hydrogen) atoms. The standard InChI is InChI=1S/C41H51N5O7/c1-6-27-22-41(27,38(49)50)45-36(47)33-20-29(24-46(33)39(51)44-35(40(2,3)4)37(48)42-23-25-13-9-7-10-14-25)53-34-21-31(26-15-11-8-12-16-26)43-32-19-28(52-5)17-18-30(32)34/h6,8,11-12,15-19,21,25,27,29,33,35H,1,7,9-10,13-14,20,22-24H2,2-5H3,(H,42,48)(H,44,51)(H,45,47)(H,49,50)/t27-,29-,33+,35-,41-/m1/s1. The molecular weight excluding hydrogens is 674 g/mol. The van der Waals surface area contributed by atoms with Gasteiger partial charge in [-0.05, 0) is 42.7 Å². The molecule has 4 amide bonds. The molecule has 2 saturated carbocycles. The fraction of sp³-hybridized carbons (Fsp3) is 0.488. The predicted octanol–water partition coefficient (Wildman–Crippen LogP) is 5.70. The molecule has 3 fully saturated rings. The number of likely N-dealkylation sites (tertiary alicyclic amines) is 1. The second-order valence-corrected chi connectivity index (χ2v) is 15.7. The molecule has 1 aromatic heterocycles. The Bertz CT molecular complexity index is 1850. The monoisotopic (exact) mass is 725 g/mol. The van der Waals surface area contributed by atoms with Crippen molar-refractivity contribution in [1.82, 2.24) is 25.8 Å². The largest absolute Gasteiger partial charge is 0.497 e. The Morgan fingerprint density at radius 1 is 1.08 bits per heavy atom. The highest BCUT2D eigenvalue weighted by atomic mass is 16.5. The molecular formula is C41H51N5O7. The van der Waals surface area contributed by atoms with Gasteiger partial charge in [-0.25, -0.2) is 14.6 Å². The first-order chi connectivity index (χ1) is 25.3. The van der Waals surface area contributed by atoms with Gasteiger partial charge in [-0.1, -0.05) is 76.4 Å². The minimum atomic E-state index is -1.49. The number of urea groups is 1. The zero-order chi connectivity index (χ0) is 37.9. The second kappa shape index (κ2) is 15.5. The van der Waals surface area contributed by atoms with Gasteiger partial charge in [-0.2, -0.15) is 0 Å². The molecule has 0 spiro atoms.